The van der Waals surface area contributed by atoms with E-state index in [1.807, 2.05) is 35.1 Å². The average Bonchev–Trinajstić information content (AvgIpc) is 3.12. The van der Waals surface area contributed by atoms with Gasteiger partial charge in [0.05, 0.1) is 12.2 Å². The number of rotatable bonds is 5. The molecule has 1 unspecified atom stereocenters. The topological polar surface area (TPSA) is 123 Å². The highest BCUT2D eigenvalue weighted by Gasteiger charge is 2.31. The maximum Gasteiger partial charge on any atom is 0.249 e. The van der Waals surface area contributed by atoms with Crippen LogP contribution in [0.25, 0.3) is 11.4 Å². The van der Waals surface area contributed by atoms with Crippen molar-refractivity contribution in [1.29, 1.82) is 5.41 Å². The second-order valence-electron chi connectivity index (χ2n) is 7.51. The first kappa shape index (κ1) is 19.4. The van der Waals surface area contributed by atoms with Crippen molar-refractivity contribution in [1.82, 2.24) is 30.0 Å². The van der Waals surface area contributed by atoms with Gasteiger partial charge in [0.25, 0.3) is 0 Å². The predicted molar refractivity (Wildman–Crippen MR) is 109 cm³/mol. The zero-order chi connectivity index (χ0) is 19.1. The number of hydrogen-bond acceptors (Lipinski definition) is 6. The van der Waals surface area contributed by atoms with E-state index in [0.29, 0.717) is 24.2 Å². The molecule has 152 valence electrons. The van der Waals surface area contributed by atoms with Crippen LogP contribution in [0.5, 0.6) is 0 Å². The van der Waals surface area contributed by atoms with Crippen molar-refractivity contribution in [2.24, 2.45) is 5.73 Å². The number of nitrogens with zero attached hydrogens (tertiary/aromatic N) is 6. The van der Waals surface area contributed by atoms with E-state index in [9.17, 15) is 0 Å². The van der Waals surface area contributed by atoms with Crippen LogP contribution in [0.2, 0.25) is 0 Å². The molecule has 9 nitrogen and oxygen atoms in total. The van der Waals surface area contributed by atoms with Crippen molar-refractivity contribution in [3.8, 4) is 11.4 Å². The highest BCUT2D eigenvalue weighted by molar-refractivity contribution is 5.85. The number of halogens is 1. The van der Waals surface area contributed by atoms with Crippen LogP contribution >= 0.6 is 12.4 Å². The van der Waals surface area contributed by atoms with Gasteiger partial charge in [-0.2, -0.15) is 4.98 Å². The largest absolute Gasteiger partial charge is 0.370 e. The summed E-state index contributed by atoms with van der Waals surface area (Å²) in [7, 11) is 0. The summed E-state index contributed by atoms with van der Waals surface area (Å²) in [6.45, 7) is 1.43. The normalized spacial score (nSPS) is 18.6. The molecule has 3 heterocycles. The maximum atomic E-state index is 7.69. The molecule has 5 rings (SSSR count). The van der Waals surface area contributed by atoms with E-state index in [4.69, 9.17) is 15.7 Å². The first-order valence-corrected chi connectivity index (χ1v) is 9.61. The van der Waals surface area contributed by atoms with Crippen LogP contribution < -0.4 is 5.73 Å². The summed E-state index contributed by atoms with van der Waals surface area (Å²) in [5, 5.41) is 20.3. The third kappa shape index (κ3) is 3.95. The molecule has 1 aliphatic carbocycles. The Labute approximate surface area is 174 Å². The molecule has 2 aromatic heterocycles. The number of nitrogens with two attached hydrogens (primary N) is 1. The summed E-state index contributed by atoms with van der Waals surface area (Å²) < 4.78 is 7.34. The zero-order valence-electron chi connectivity index (χ0n) is 15.9. The van der Waals surface area contributed by atoms with Crippen LogP contribution in [0.1, 0.15) is 54.8 Å². The zero-order valence-corrected chi connectivity index (χ0v) is 16.7. The molecule has 1 atom stereocenters. The number of aromatic nitrogens is 5. The molecule has 0 bridgehead atoms. The van der Waals surface area contributed by atoms with E-state index in [1.54, 1.807) is 4.90 Å². The van der Waals surface area contributed by atoms with Gasteiger partial charge in [-0.1, -0.05) is 34.6 Å². The second-order valence-corrected chi connectivity index (χ2v) is 7.51. The van der Waals surface area contributed by atoms with Crippen molar-refractivity contribution in [3.05, 3.63) is 47.6 Å². The fourth-order valence-corrected chi connectivity index (χ4v) is 3.70. The molecule has 0 radical (unpaired) electrons. The first-order valence-electron chi connectivity index (χ1n) is 9.61. The third-order valence-electron chi connectivity index (χ3n) is 5.40. The van der Waals surface area contributed by atoms with Crippen LogP contribution in [0.3, 0.4) is 0 Å². The lowest BCUT2D eigenvalue weighted by Crippen LogP contribution is -2.35. The molecule has 29 heavy (non-hydrogen) atoms. The number of benzene rings is 1. The lowest BCUT2D eigenvalue weighted by molar-refractivity contribution is 0.283. The van der Waals surface area contributed by atoms with Gasteiger partial charge in [-0.05, 0) is 31.2 Å². The average molecular weight is 415 g/mol. The van der Waals surface area contributed by atoms with Crippen LogP contribution in [-0.4, -0.2) is 42.5 Å². The summed E-state index contributed by atoms with van der Waals surface area (Å²) in [6, 6.07) is 7.95. The van der Waals surface area contributed by atoms with E-state index in [1.165, 1.54) is 12.8 Å². The predicted octanol–water partition coefficient (Wildman–Crippen LogP) is 2.71. The van der Waals surface area contributed by atoms with Crippen LogP contribution in [0.15, 0.2) is 35.0 Å². The molecule has 3 N–H and O–H groups in total. The van der Waals surface area contributed by atoms with Crippen molar-refractivity contribution >= 4 is 18.4 Å². The summed E-state index contributed by atoms with van der Waals surface area (Å²) in [6.07, 6.45) is 6.32. The highest BCUT2D eigenvalue weighted by atomic mass is 35.5. The maximum absolute atomic E-state index is 7.69. The Bertz CT molecular complexity index is 994. The van der Waals surface area contributed by atoms with Gasteiger partial charge in [-0.25, -0.2) is 4.68 Å². The standard InChI is InChI=1S/C19H22N8O.ClH/c20-19(21)27-9-1-2-16(27)18-22-17(24-28-18)14-5-3-12(4-6-14)10-26-11-15(23-25-26)13-7-8-13;/h3-6,11,13,16H,1-2,7-10H2,(H3,20,21);1H. The van der Waals surface area contributed by atoms with Crippen LogP contribution in [-0.2, 0) is 6.54 Å². The second kappa shape index (κ2) is 7.82. The van der Waals surface area contributed by atoms with Crippen LogP contribution in [0.4, 0.5) is 0 Å². The van der Waals surface area contributed by atoms with Crippen molar-refractivity contribution < 1.29 is 4.52 Å². The minimum absolute atomic E-state index is 0. The van der Waals surface area contributed by atoms with Gasteiger partial charge in [0.15, 0.2) is 5.96 Å². The molecule has 1 aromatic carbocycles. The summed E-state index contributed by atoms with van der Waals surface area (Å²) in [5.74, 6) is 1.72. The molecule has 0 amide bonds. The monoisotopic (exact) mass is 414 g/mol. The van der Waals surface area contributed by atoms with Gasteiger partial charge in [-0.3, -0.25) is 5.41 Å². The number of guanidine groups is 1. The Morgan fingerprint density at radius 3 is 2.72 bits per heavy atom. The molecule has 1 saturated carbocycles. The number of likely N-dealkylation sites (tertiary alicyclic amines) is 1. The summed E-state index contributed by atoms with van der Waals surface area (Å²) in [5.41, 5.74) is 8.78. The Kier molecular flexibility index (Phi) is 5.23. The summed E-state index contributed by atoms with van der Waals surface area (Å²) >= 11 is 0. The fourth-order valence-electron chi connectivity index (χ4n) is 3.70. The smallest absolute Gasteiger partial charge is 0.249 e. The van der Waals surface area contributed by atoms with E-state index in [-0.39, 0.29) is 24.4 Å². The lowest BCUT2D eigenvalue weighted by Gasteiger charge is -2.21. The van der Waals surface area contributed by atoms with Gasteiger partial charge < -0.3 is 15.2 Å². The Hall–Kier alpha value is -2.94. The Morgan fingerprint density at radius 2 is 2.00 bits per heavy atom. The lowest BCUT2D eigenvalue weighted by atomic mass is 10.1. The summed E-state index contributed by atoms with van der Waals surface area (Å²) in [4.78, 5) is 6.34. The molecule has 10 heteroatoms. The molecule has 2 fully saturated rings. The molecule has 0 spiro atoms. The van der Waals surface area contributed by atoms with Crippen molar-refractivity contribution in [2.75, 3.05) is 6.54 Å². The molecular weight excluding hydrogens is 392 g/mol. The van der Waals surface area contributed by atoms with Crippen LogP contribution in [0, 0.1) is 5.41 Å². The first-order chi connectivity index (χ1) is 13.7. The highest BCUT2D eigenvalue weighted by Crippen LogP contribution is 2.38. The molecule has 3 aromatic rings. The van der Waals surface area contributed by atoms with Crippen molar-refractivity contribution in [2.45, 2.75) is 44.2 Å². The van der Waals surface area contributed by atoms with Crippen molar-refractivity contribution in [3.63, 3.8) is 0 Å². The Balaban J connectivity index is 0.00000205. The van der Waals surface area contributed by atoms with Gasteiger partial charge in [0, 0.05) is 24.2 Å². The minimum atomic E-state index is -0.106. The van der Waals surface area contributed by atoms with E-state index >= 15 is 0 Å². The van der Waals surface area contributed by atoms with Gasteiger partial charge in [0.1, 0.15) is 6.04 Å². The molecular formula is C19H23ClN8O. The molecule has 1 aliphatic heterocycles. The quantitative estimate of drug-likeness (QED) is 0.486. The molecule has 2 aliphatic rings. The fraction of sp³-hybridized carbons (Fsp3) is 0.421. The SMILES string of the molecule is Cl.N=C(N)N1CCCC1c1nc(-c2ccc(Cn3cc(C4CC4)nn3)cc2)no1. The van der Waals surface area contributed by atoms with Gasteiger partial charge in [-0.15, -0.1) is 17.5 Å². The van der Waals surface area contributed by atoms with Gasteiger partial charge >= 0.3 is 0 Å². The Morgan fingerprint density at radius 1 is 1.21 bits per heavy atom. The minimum Gasteiger partial charge on any atom is -0.370 e. The molecule has 1 saturated heterocycles. The van der Waals surface area contributed by atoms with E-state index in [0.717, 1.165) is 36.2 Å². The number of nitrogens with one attached hydrogen (secondary N) is 1. The van der Waals surface area contributed by atoms with E-state index < -0.39 is 0 Å². The number of hydrogen-bond donors (Lipinski definition) is 2. The van der Waals surface area contributed by atoms with Gasteiger partial charge in [0.2, 0.25) is 11.7 Å². The van der Waals surface area contributed by atoms with E-state index in [2.05, 4.69) is 20.5 Å². The third-order valence-corrected chi connectivity index (χ3v) is 5.40.